The van der Waals surface area contributed by atoms with E-state index in [-0.39, 0.29) is 12.1 Å². The number of amides is 2. The van der Waals surface area contributed by atoms with E-state index in [4.69, 9.17) is 0 Å². The Morgan fingerprint density at radius 3 is 2.46 bits per heavy atom. The number of thiazole rings is 1. The minimum atomic E-state index is 0.0695. The van der Waals surface area contributed by atoms with E-state index in [1.807, 2.05) is 40.9 Å². The van der Waals surface area contributed by atoms with Crippen molar-refractivity contribution in [3.8, 4) is 0 Å². The van der Waals surface area contributed by atoms with Crippen LogP contribution in [-0.2, 0) is 0 Å². The van der Waals surface area contributed by atoms with Crippen LogP contribution < -0.4 is 15.1 Å². The first-order chi connectivity index (χ1) is 12.8. The largest absolute Gasteiger partial charge is 0.356 e. The number of hydrogen-bond acceptors (Lipinski definition) is 6. The molecule has 2 aliphatic rings. The Balaban J connectivity index is 1.22. The molecule has 2 saturated heterocycles. The van der Waals surface area contributed by atoms with Crippen LogP contribution in [0.25, 0.3) is 0 Å². The second-order valence-corrected chi connectivity index (χ2v) is 7.56. The monoisotopic (exact) mass is 372 g/mol. The molecule has 7 nitrogen and oxygen atoms in total. The molecule has 2 amide bonds. The molecule has 2 aliphatic heterocycles. The third-order valence-electron chi connectivity index (χ3n) is 5.05. The number of rotatable bonds is 3. The first kappa shape index (κ1) is 17.1. The molecule has 0 unspecified atom stereocenters. The maximum absolute atomic E-state index is 12.6. The van der Waals surface area contributed by atoms with Gasteiger partial charge in [0.15, 0.2) is 5.13 Å². The number of aromatic nitrogens is 2. The lowest BCUT2D eigenvalue weighted by molar-refractivity contribution is 0.188. The van der Waals surface area contributed by atoms with Crippen LogP contribution in [0.5, 0.6) is 0 Å². The SMILES string of the molecule is O=C(NC1CCN(c2ccccn2)CC1)N1CCN(c2nccs2)CC1. The van der Waals surface area contributed by atoms with Gasteiger partial charge in [0.25, 0.3) is 0 Å². The van der Waals surface area contributed by atoms with Crippen LogP contribution in [0.15, 0.2) is 36.0 Å². The van der Waals surface area contributed by atoms with Gasteiger partial charge in [0.05, 0.1) is 0 Å². The minimum Gasteiger partial charge on any atom is -0.356 e. The molecule has 0 radical (unpaired) electrons. The van der Waals surface area contributed by atoms with E-state index >= 15 is 0 Å². The predicted octanol–water partition coefficient (Wildman–Crippen LogP) is 2.04. The number of urea groups is 1. The highest BCUT2D eigenvalue weighted by Gasteiger charge is 2.26. The van der Waals surface area contributed by atoms with E-state index in [0.29, 0.717) is 0 Å². The summed E-state index contributed by atoms with van der Waals surface area (Å²) < 4.78 is 0. The lowest BCUT2D eigenvalue weighted by Gasteiger charge is -2.37. The van der Waals surface area contributed by atoms with Gasteiger partial charge in [0.2, 0.25) is 0 Å². The molecule has 0 aromatic carbocycles. The van der Waals surface area contributed by atoms with Crippen molar-refractivity contribution in [2.45, 2.75) is 18.9 Å². The number of piperazine rings is 1. The summed E-state index contributed by atoms with van der Waals surface area (Å²) in [5.41, 5.74) is 0. The summed E-state index contributed by atoms with van der Waals surface area (Å²) >= 11 is 1.65. The molecule has 0 saturated carbocycles. The maximum Gasteiger partial charge on any atom is 0.317 e. The molecule has 138 valence electrons. The molecule has 26 heavy (non-hydrogen) atoms. The Labute approximate surface area is 157 Å². The highest BCUT2D eigenvalue weighted by Crippen LogP contribution is 2.20. The summed E-state index contributed by atoms with van der Waals surface area (Å²) in [5.74, 6) is 1.02. The van der Waals surface area contributed by atoms with Gasteiger partial charge in [0, 0.05) is 63.1 Å². The molecular weight excluding hydrogens is 348 g/mol. The standard InChI is InChI=1S/C18H24N6OS/c25-17(23-10-12-24(13-11-23)18-20-7-14-26-18)21-15-4-8-22(9-5-15)16-3-1-2-6-19-16/h1-3,6-7,14-15H,4-5,8-13H2,(H,21,25). The topological polar surface area (TPSA) is 64.6 Å². The third kappa shape index (κ3) is 3.90. The van der Waals surface area contributed by atoms with Crippen LogP contribution in [0.4, 0.5) is 15.7 Å². The van der Waals surface area contributed by atoms with Gasteiger partial charge in [0.1, 0.15) is 5.82 Å². The molecule has 0 atom stereocenters. The molecule has 2 aromatic heterocycles. The number of nitrogens with one attached hydrogen (secondary N) is 1. The van der Waals surface area contributed by atoms with E-state index in [1.54, 1.807) is 11.3 Å². The van der Waals surface area contributed by atoms with Crippen molar-refractivity contribution in [2.24, 2.45) is 0 Å². The number of anilines is 2. The number of piperidine rings is 1. The molecule has 8 heteroatoms. The van der Waals surface area contributed by atoms with Gasteiger partial charge in [-0.2, -0.15) is 0 Å². The van der Waals surface area contributed by atoms with Crippen molar-refractivity contribution in [3.05, 3.63) is 36.0 Å². The number of pyridine rings is 1. The van der Waals surface area contributed by atoms with E-state index in [0.717, 1.165) is 63.1 Å². The van der Waals surface area contributed by atoms with Crippen molar-refractivity contribution in [1.29, 1.82) is 0 Å². The normalized spacial score (nSPS) is 18.8. The lowest BCUT2D eigenvalue weighted by Crippen LogP contribution is -2.55. The smallest absolute Gasteiger partial charge is 0.317 e. The minimum absolute atomic E-state index is 0.0695. The lowest BCUT2D eigenvalue weighted by atomic mass is 10.1. The second kappa shape index (κ2) is 7.90. The summed E-state index contributed by atoms with van der Waals surface area (Å²) in [6.45, 7) is 5.05. The van der Waals surface area contributed by atoms with E-state index in [2.05, 4.69) is 25.1 Å². The Morgan fingerprint density at radius 1 is 1.00 bits per heavy atom. The molecule has 0 spiro atoms. The molecular formula is C18H24N6OS. The van der Waals surface area contributed by atoms with Crippen molar-refractivity contribution in [1.82, 2.24) is 20.2 Å². The van der Waals surface area contributed by atoms with Gasteiger partial charge in [-0.3, -0.25) is 0 Å². The number of hydrogen-bond donors (Lipinski definition) is 1. The third-order valence-corrected chi connectivity index (χ3v) is 5.88. The molecule has 0 aliphatic carbocycles. The van der Waals surface area contributed by atoms with Crippen LogP contribution in [0, 0.1) is 0 Å². The number of carbonyl (C=O) groups is 1. The van der Waals surface area contributed by atoms with Crippen LogP contribution >= 0.6 is 11.3 Å². The fourth-order valence-electron chi connectivity index (χ4n) is 3.53. The zero-order valence-corrected chi connectivity index (χ0v) is 15.6. The Bertz CT molecular complexity index is 694. The molecule has 4 rings (SSSR count). The van der Waals surface area contributed by atoms with Gasteiger partial charge in [-0.15, -0.1) is 11.3 Å². The van der Waals surface area contributed by atoms with Crippen molar-refractivity contribution < 1.29 is 4.79 Å². The first-order valence-electron chi connectivity index (χ1n) is 9.15. The molecule has 2 aromatic rings. The number of nitrogens with zero attached hydrogens (tertiary/aromatic N) is 5. The van der Waals surface area contributed by atoms with Crippen LogP contribution in [0.1, 0.15) is 12.8 Å². The van der Waals surface area contributed by atoms with Gasteiger partial charge >= 0.3 is 6.03 Å². The second-order valence-electron chi connectivity index (χ2n) is 6.69. The van der Waals surface area contributed by atoms with Gasteiger partial charge < -0.3 is 20.0 Å². The Morgan fingerprint density at radius 2 is 1.81 bits per heavy atom. The fraction of sp³-hybridized carbons (Fsp3) is 0.500. The van der Waals surface area contributed by atoms with Crippen molar-refractivity contribution in [2.75, 3.05) is 49.1 Å². The Kier molecular flexibility index (Phi) is 5.19. The highest BCUT2D eigenvalue weighted by atomic mass is 32.1. The van der Waals surface area contributed by atoms with E-state index in [9.17, 15) is 4.79 Å². The van der Waals surface area contributed by atoms with Crippen LogP contribution in [-0.4, -0.2) is 66.2 Å². The first-order valence-corrected chi connectivity index (χ1v) is 10.0. The molecule has 0 bridgehead atoms. The summed E-state index contributed by atoms with van der Waals surface area (Å²) in [6, 6.07) is 6.31. The quantitative estimate of drug-likeness (QED) is 0.893. The highest BCUT2D eigenvalue weighted by molar-refractivity contribution is 7.13. The van der Waals surface area contributed by atoms with Crippen LogP contribution in [0.2, 0.25) is 0 Å². The zero-order chi connectivity index (χ0) is 17.8. The summed E-state index contributed by atoms with van der Waals surface area (Å²) in [7, 11) is 0. The summed E-state index contributed by atoms with van der Waals surface area (Å²) in [6.07, 6.45) is 5.58. The van der Waals surface area contributed by atoms with E-state index < -0.39 is 0 Å². The van der Waals surface area contributed by atoms with Crippen LogP contribution in [0.3, 0.4) is 0 Å². The summed E-state index contributed by atoms with van der Waals surface area (Å²) in [5, 5.41) is 6.26. The fourth-order valence-corrected chi connectivity index (χ4v) is 4.23. The van der Waals surface area contributed by atoms with Gasteiger partial charge in [-0.25, -0.2) is 14.8 Å². The average Bonchev–Trinajstić information content (AvgIpc) is 3.24. The summed E-state index contributed by atoms with van der Waals surface area (Å²) in [4.78, 5) is 27.8. The van der Waals surface area contributed by atoms with Crippen molar-refractivity contribution in [3.63, 3.8) is 0 Å². The Hall–Kier alpha value is -2.35. The average molecular weight is 372 g/mol. The molecule has 2 fully saturated rings. The maximum atomic E-state index is 12.6. The molecule has 1 N–H and O–H groups in total. The van der Waals surface area contributed by atoms with E-state index in [1.165, 1.54) is 0 Å². The predicted molar refractivity (Wildman–Crippen MR) is 104 cm³/mol. The molecule has 4 heterocycles. The number of carbonyl (C=O) groups excluding carboxylic acids is 1. The van der Waals surface area contributed by atoms with Gasteiger partial charge in [-0.1, -0.05) is 6.07 Å². The van der Waals surface area contributed by atoms with Gasteiger partial charge in [-0.05, 0) is 25.0 Å². The zero-order valence-electron chi connectivity index (χ0n) is 14.8. The van der Waals surface area contributed by atoms with Crippen molar-refractivity contribution >= 4 is 28.3 Å².